The number of rotatable bonds is 4. The molecule has 0 aliphatic carbocycles. The molecule has 0 spiro atoms. The normalized spacial score (nSPS) is 14.5. The maximum Gasteiger partial charge on any atom is 0.122 e. The number of aliphatic hydroxyl groups excluding tert-OH is 1. The number of aliphatic hydroxyl groups is 1. The number of aromatic nitrogens is 1. The van der Waals surface area contributed by atoms with E-state index in [0.717, 1.165) is 17.7 Å². The fourth-order valence-corrected chi connectivity index (χ4v) is 2.34. The molecule has 1 heterocycles. The van der Waals surface area contributed by atoms with Gasteiger partial charge in [0.25, 0.3) is 0 Å². The van der Waals surface area contributed by atoms with Crippen molar-refractivity contribution in [3.05, 3.63) is 52.0 Å². The number of nitrogens with zero attached hydrogens (tertiary/aromatic N) is 1. The lowest BCUT2D eigenvalue weighted by Gasteiger charge is -2.12. The Morgan fingerprint density at radius 1 is 1.24 bits per heavy atom. The summed E-state index contributed by atoms with van der Waals surface area (Å²) in [6.45, 7) is 4.40. The van der Waals surface area contributed by atoms with Gasteiger partial charge in [-0.05, 0) is 23.5 Å². The van der Waals surface area contributed by atoms with Crippen molar-refractivity contribution in [3.8, 4) is 0 Å². The molecule has 0 saturated heterocycles. The summed E-state index contributed by atoms with van der Waals surface area (Å²) >= 11 is 1.50. The highest BCUT2D eigenvalue weighted by molar-refractivity contribution is 7.07. The predicted octanol–water partition coefficient (Wildman–Crippen LogP) is 3.74. The van der Waals surface area contributed by atoms with Crippen molar-refractivity contribution in [2.45, 2.75) is 32.3 Å². The van der Waals surface area contributed by atoms with Crippen molar-refractivity contribution >= 4 is 11.3 Å². The topological polar surface area (TPSA) is 33.1 Å². The van der Waals surface area contributed by atoms with Gasteiger partial charge >= 0.3 is 0 Å². The van der Waals surface area contributed by atoms with Crippen LogP contribution >= 0.6 is 11.3 Å². The average molecular weight is 247 g/mol. The molecule has 0 radical (unpaired) electrons. The van der Waals surface area contributed by atoms with Gasteiger partial charge in [0.05, 0.1) is 11.2 Å². The van der Waals surface area contributed by atoms with E-state index in [0.29, 0.717) is 5.92 Å². The van der Waals surface area contributed by atoms with Crippen molar-refractivity contribution in [1.29, 1.82) is 0 Å². The Kier molecular flexibility index (Phi) is 3.92. The highest BCUT2D eigenvalue weighted by Gasteiger charge is 2.12. The van der Waals surface area contributed by atoms with Crippen LogP contribution in [0.15, 0.2) is 35.2 Å². The van der Waals surface area contributed by atoms with E-state index in [-0.39, 0.29) is 0 Å². The molecule has 0 fully saturated rings. The van der Waals surface area contributed by atoms with E-state index in [1.807, 2.05) is 17.5 Å². The maximum absolute atomic E-state index is 10.1. The van der Waals surface area contributed by atoms with Crippen molar-refractivity contribution in [3.63, 3.8) is 0 Å². The quantitative estimate of drug-likeness (QED) is 0.892. The lowest BCUT2D eigenvalue weighted by atomic mass is 9.96. The first kappa shape index (κ1) is 12.3. The molecule has 2 unspecified atom stereocenters. The molecule has 1 N–H and O–H groups in total. The Labute approximate surface area is 106 Å². The van der Waals surface area contributed by atoms with Gasteiger partial charge in [0.1, 0.15) is 6.10 Å². The molecule has 1 aromatic carbocycles. The zero-order chi connectivity index (χ0) is 12.3. The Morgan fingerprint density at radius 3 is 2.41 bits per heavy atom. The molecule has 2 rings (SSSR count). The summed E-state index contributed by atoms with van der Waals surface area (Å²) in [5, 5.41) is 12.0. The van der Waals surface area contributed by atoms with E-state index in [4.69, 9.17) is 0 Å². The molecule has 3 heteroatoms. The minimum absolute atomic E-state index is 0.570. The fourth-order valence-electron chi connectivity index (χ4n) is 1.77. The summed E-state index contributed by atoms with van der Waals surface area (Å²) < 4.78 is 0. The molecule has 1 aromatic heterocycles. The Hall–Kier alpha value is -1.19. The second kappa shape index (κ2) is 5.43. The Bertz CT molecular complexity index is 450. The highest BCUT2D eigenvalue weighted by atomic mass is 32.1. The van der Waals surface area contributed by atoms with E-state index in [9.17, 15) is 5.11 Å². The SMILES string of the molecule is CCC(C)c1ccc(C(O)c2cscn2)cc1. The molecule has 0 aliphatic heterocycles. The van der Waals surface area contributed by atoms with Gasteiger partial charge in [-0.2, -0.15) is 0 Å². The molecule has 0 amide bonds. The molecule has 2 nitrogen and oxygen atoms in total. The predicted molar refractivity (Wildman–Crippen MR) is 71.3 cm³/mol. The number of benzene rings is 1. The molecule has 0 saturated carbocycles. The molecular weight excluding hydrogens is 230 g/mol. The minimum Gasteiger partial charge on any atom is -0.382 e. The van der Waals surface area contributed by atoms with Gasteiger partial charge in [-0.1, -0.05) is 38.1 Å². The second-order valence-electron chi connectivity index (χ2n) is 4.29. The van der Waals surface area contributed by atoms with Crippen molar-refractivity contribution < 1.29 is 5.11 Å². The molecule has 17 heavy (non-hydrogen) atoms. The monoisotopic (exact) mass is 247 g/mol. The summed E-state index contributed by atoms with van der Waals surface area (Å²) in [5.74, 6) is 0.570. The third kappa shape index (κ3) is 2.73. The van der Waals surface area contributed by atoms with Crippen LogP contribution in [0.1, 0.15) is 49.1 Å². The van der Waals surface area contributed by atoms with Crippen LogP contribution in [-0.2, 0) is 0 Å². The van der Waals surface area contributed by atoms with Gasteiger partial charge in [0.2, 0.25) is 0 Å². The molecule has 2 atom stereocenters. The van der Waals surface area contributed by atoms with Crippen LogP contribution in [0, 0.1) is 0 Å². The van der Waals surface area contributed by atoms with Gasteiger partial charge in [0, 0.05) is 5.38 Å². The summed E-state index contributed by atoms with van der Waals surface area (Å²) in [7, 11) is 0. The van der Waals surface area contributed by atoms with Crippen LogP contribution in [0.5, 0.6) is 0 Å². The highest BCUT2D eigenvalue weighted by Crippen LogP contribution is 2.24. The lowest BCUT2D eigenvalue weighted by molar-refractivity contribution is 0.216. The van der Waals surface area contributed by atoms with Crippen molar-refractivity contribution in [2.75, 3.05) is 0 Å². The maximum atomic E-state index is 10.1. The summed E-state index contributed by atoms with van der Waals surface area (Å²) in [5.41, 5.74) is 4.70. The Balaban J connectivity index is 2.18. The van der Waals surface area contributed by atoms with E-state index in [1.165, 1.54) is 16.9 Å². The number of hydrogen-bond acceptors (Lipinski definition) is 3. The first-order valence-corrected chi connectivity index (χ1v) is 6.82. The van der Waals surface area contributed by atoms with Crippen molar-refractivity contribution in [2.24, 2.45) is 0 Å². The van der Waals surface area contributed by atoms with E-state index in [2.05, 4.69) is 31.0 Å². The third-order valence-corrected chi connectivity index (χ3v) is 3.77. The molecular formula is C14H17NOS. The smallest absolute Gasteiger partial charge is 0.122 e. The van der Waals surface area contributed by atoms with Crippen LogP contribution in [0.2, 0.25) is 0 Å². The number of thiazole rings is 1. The van der Waals surface area contributed by atoms with E-state index >= 15 is 0 Å². The zero-order valence-electron chi connectivity index (χ0n) is 10.1. The third-order valence-electron chi connectivity index (χ3n) is 3.17. The van der Waals surface area contributed by atoms with Gasteiger partial charge in [-0.3, -0.25) is 0 Å². The van der Waals surface area contributed by atoms with E-state index in [1.54, 1.807) is 5.51 Å². The molecule has 0 aliphatic rings. The summed E-state index contributed by atoms with van der Waals surface area (Å²) in [6, 6.07) is 8.18. The molecule has 90 valence electrons. The minimum atomic E-state index is -0.604. The molecule has 2 aromatic rings. The average Bonchev–Trinajstić information content (AvgIpc) is 2.91. The van der Waals surface area contributed by atoms with Crippen LogP contribution in [-0.4, -0.2) is 10.1 Å². The fraction of sp³-hybridized carbons (Fsp3) is 0.357. The van der Waals surface area contributed by atoms with Gasteiger partial charge < -0.3 is 5.11 Å². The van der Waals surface area contributed by atoms with Crippen LogP contribution in [0.3, 0.4) is 0 Å². The van der Waals surface area contributed by atoms with Crippen LogP contribution < -0.4 is 0 Å². The molecule has 0 bridgehead atoms. The first-order valence-electron chi connectivity index (χ1n) is 5.88. The summed E-state index contributed by atoms with van der Waals surface area (Å²) in [4.78, 5) is 4.13. The van der Waals surface area contributed by atoms with Gasteiger partial charge in [0.15, 0.2) is 0 Å². The number of hydrogen-bond donors (Lipinski definition) is 1. The zero-order valence-corrected chi connectivity index (χ0v) is 10.9. The van der Waals surface area contributed by atoms with Crippen molar-refractivity contribution in [1.82, 2.24) is 4.98 Å². The van der Waals surface area contributed by atoms with Gasteiger partial charge in [-0.15, -0.1) is 11.3 Å². The van der Waals surface area contributed by atoms with Crippen LogP contribution in [0.25, 0.3) is 0 Å². The summed E-state index contributed by atoms with van der Waals surface area (Å²) in [6.07, 6.45) is 0.529. The largest absolute Gasteiger partial charge is 0.382 e. The Morgan fingerprint density at radius 2 is 1.88 bits per heavy atom. The second-order valence-corrected chi connectivity index (χ2v) is 5.01. The lowest BCUT2D eigenvalue weighted by Crippen LogP contribution is -2.00. The van der Waals surface area contributed by atoms with Gasteiger partial charge in [-0.25, -0.2) is 4.98 Å². The standard InChI is InChI=1S/C14H17NOS/c1-3-10(2)11-4-6-12(7-5-11)14(16)13-8-17-9-15-13/h4-10,14,16H,3H2,1-2H3. The van der Waals surface area contributed by atoms with Crippen LogP contribution in [0.4, 0.5) is 0 Å². The first-order chi connectivity index (χ1) is 8.22. The van der Waals surface area contributed by atoms with E-state index < -0.39 is 6.10 Å².